The third kappa shape index (κ3) is 6.57. The molecule has 3 atom stereocenters. The van der Waals surface area contributed by atoms with E-state index < -0.39 is 11.2 Å². The molecule has 2 N–H and O–H groups in total. The van der Waals surface area contributed by atoms with Crippen LogP contribution in [0.4, 0.5) is 0 Å². The van der Waals surface area contributed by atoms with E-state index in [-0.39, 0.29) is 0 Å². The fraction of sp³-hybridized carbons (Fsp3) is 0.917. The van der Waals surface area contributed by atoms with Crippen molar-refractivity contribution >= 4 is 15.9 Å². The zero-order chi connectivity index (χ0) is 20.3. The molecule has 0 aromatic heterocycles. The maximum absolute atomic E-state index is 10.1. The van der Waals surface area contributed by atoms with Crippen molar-refractivity contribution in [3.05, 3.63) is 10.6 Å². The van der Waals surface area contributed by atoms with Crippen molar-refractivity contribution in [3.63, 3.8) is 0 Å². The van der Waals surface area contributed by atoms with E-state index in [1.54, 1.807) is 5.57 Å². The smallest absolute Gasteiger partial charge is 0.0591 e. The molecule has 3 heteroatoms. The number of rotatable bonds is 9. The molecule has 0 aromatic rings. The first-order valence-corrected chi connectivity index (χ1v) is 12.1. The molecular formula is C24H43BrO2. The molecule has 0 saturated heterocycles. The molecule has 0 radical (unpaired) electrons. The Labute approximate surface area is 176 Å². The van der Waals surface area contributed by atoms with Crippen LogP contribution in [0.25, 0.3) is 0 Å². The lowest BCUT2D eigenvalue weighted by Crippen LogP contribution is -2.37. The lowest BCUT2D eigenvalue weighted by Gasteiger charge is -2.45. The zero-order valence-corrected chi connectivity index (χ0v) is 19.9. The van der Waals surface area contributed by atoms with Gasteiger partial charge in [0.15, 0.2) is 0 Å². The second-order valence-electron chi connectivity index (χ2n) is 10.9. The first kappa shape index (κ1) is 23.4. The molecule has 27 heavy (non-hydrogen) atoms. The molecule has 2 fully saturated rings. The Kier molecular flexibility index (Phi) is 8.07. The topological polar surface area (TPSA) is 40.5 Å². The van der Waals surface area contributed by atoms with Crippen LogP contribution in [-0.4, -0.2) is 21.4 Å². The summed E-state index contributed by atoms with van der Waals surface area (Å²) < 4.78 is 0. The molecular weight excluding hydrogens is 400 g/mol. The average molecular weight is 444 g/mol. The third-order valence-corrected chi connectivity index (χ3v) is 8.06. The molecule has 2 rings (SSSR count). The molecule has 0 bridgehead atoms. The van der Waals surface area contributed by atoms with Gasteiger partial charge in [0.1, 0.15) is 0 Å². The first-order chi connectivity index (χ1) is 12.5. The standard InChI is InChI=1S/C24H43BrO2/c1-22(2,26)14-6-9-18(10-7-15-23(3,4)27)20-12-13-21-19(17-25)11-8-16-24(20,21)5/h17-18,20-21,26-27H,6-16H2,1-5H3/b19-17-/t20-,21+,24-/m1/s1. The molecule has 2 nitrogen and oxygen atoms in total. The van der Waals surface area contributed by atoms with E-state index in [2.05, 4.69) is 27.8 Å². The van der Waals surface area contributed by atoms with Crippen LogP contribution >= 0.6 is 15.9 Å². The maximum Gasteiger partial charge on any atom is 0.0591 e. The summed E-state index contributed by atoms with van der Waals surface area (Å²) in [6, 6.07) is 0. The average Bonchev–Trinajstić information content (AvgIpc) is 2.88. The molecule has 0 amide bonds. The van der Waals surface area contributed by atoms with Gasteiger partial charge in [-0.05, 0) is 101 Å². The summed E-state index contributed by atoms with van der Waals surface area (Å²) in [5.41, 5.74) is 0.955. The van der Waals surface area contributed by atoms with Crippen LogP contribution in [-0.2, 0) is 0 Å². The summed E-state index contributed by atoms with van der Waals surface area (Å²) in [7, 11) is 0. The summed E-state index contributed by atoms with van der Waals surface area (Å²) in [6.07, 6.45) is 13.0. The Hall–Kier alpha value is 0.140. The van der Waals surface area contributed by atoms with Gasteiger partial charge in [0.25, 0.3) is 0 Å². The highest BCUT2D eigenvalue weighted by Gasteiger charge is 2.51. The molecule has 0 aliphatic heterocycles. The Bertz CT molecular complexity index is 479. The zero-order valence-electron chi connectivity index (χ0n) is 18.4. The summed E-state index contributed by atoms with van der Waals surface area (Å²) >= 11 is 3.64. The van der Waals surface area contributed by atoms with E-state index in [1.807, 2.05) is 27.7 Å². The monoisotopic (exact) mass is 442 g/mol. The molecule has 0 spiro atoms. The van der Waals surface area contributed by atoms with Gasteiger partial charge in [-0.15, -0.1) is 0 Å². The van der Waals surface area contributed by atoms with Crippen LogP contribution in [0.1, 0.15) is 105 Å². The number of aliphatic hydroxyl groups is 2. The van der Waals surface area contributed by atoms with Crippen molar-refractivity contribution in [3.8, 4) is 0 Å². The minimum absolute atomic E-state index is 0.436. The van der Waals surface area contributed by atoms with Gasteiger partial charge in [-0.2, -0.15) is 0 Å². The van der Waals surface area contributed by atoms with Crippen LogP contribution in [0.15, 0.2) is 10.6 Å². The van der Waals surface area contributed by atoms with E-state index in [0.29, 0.717) is 5.41 Å². The molecule has 0 aromatic carbocycles. The highest BCUT2D eigenvalue weighted by atomic mass is 79.9. The third-order valence-electron chi connectivity index (χ3n) is 7.47. The predicted octanol–water partition coefficient (Wildman–Crippen LogP) is 6.98. The fourth-order valence-corrected chi connectivity index (χ4v) is 6.67. The second kappa shape index (κ2) is 9.30. The minimum Gasteiger partial charge on any atom is -0.390 e. The molecule has 158 valence electrons. The lowest BCUT2D eigenvalue weighted by molar-refractivity contribution is 0.0481. The SMILES string of the molecule is CC(C)(O)CCCC(CCCC(C)(C)O)[C@H]1CC[C@H]2/C(=C\Br)CCC[C@]12C. The van der Waals surface area contributed by atoms with E-state index in [1.165, 1.54) is 44.9 Å². The normalized spacial score (nSPS) is 30.9. The van der Waals surface area contributed by atoms with Gasteiger partial charge in [-0.3, -0.25) is 0 Å². The van der Waals surface area contributed by atoms with E-state index in [0.717, 1.165) is 43.4 Å². The summed E-state index contributed by atoms with van der Waals surface area (Å²) in [5.74, 6) is 2.26. The molecule has 2 aliphatic rings. The lowest BCUT2D eigenvalue weighted by atomic mass is 9.60. The van der Waals surface area contributed by atoms with Crippen LogP contribution in [0.5, 0.6) is 0 Å². The van der Waals surface area contributed by atoms with E-state index in [4.69, 9.17) is 0 Å². The molecule has 0 heterocycles. The number of hydrogen-bond donors (Lipinski definition) is 2. The first-order valence-electron chi connectivity index (χ1n) is 11.2. The second-order valence-corrected chi connectivity index (χ2v) is 11.4. The summed E-state index contributed by atoms with van der Waals surface area (Å²) in [6.45, 7) is 10.3. The van der Waals surface area contributed by atoms with Crippen molar-refractivity contribution in [2.45, 2.75) is 116 Å². The number of hydrogen-bond acceptors (Lipinski definition) is 2. The summed E-state index contributed by atoms with van der Waals surface area (Å²) in [4.78, 5) is 2.22. The molecule has 2 saturated carbocycles. The van der Waals surface area contributed by atoms with Gasteiger partial charge in [-0.25, -0.2) is 0 Å². The Balaban J connectivity index is 2.09. The van der Waals surface area contributed by atoms with Crippen molar-refractivity contribution in [2.24, 2.45) is 23.2 Å². The van der Waals surface area contributed by atoms with Gasteiger partial charge in [-0.1, -0.05) is 54.1 Å². The Morgan fingerprint density at radius 3 is 2.11 bits per heavy atom. The largest absolute Gasteiger partial charge is 0.390 e. The highest BCUT2D eigenvalue weighted by molar-refractivity contribution is 9.11. The number of fused-ring (bicyclic) bond motifs is 1. The number of halogens is 1. The van der Waals surface area contributed by atoms with Crippen LogP contribution in [0.3, 0.4) is 0 Å². The molecule has 2 aliphatic carbocycles. The summed E-state index contributed by atoms with van der Waals surface area (Å²) in [5, 5.41) is 20.3. The molecule has 0 unspecified atom stereocenters. The Morgan fingerprint density at radius 2 is 1.63 bits per heavy atom. The van der Waals surface area contributed by atoms with Crippen molar-refractivity contribution in [1.29, 1.82) is 0 Å². The van der Waals surface area contributed by atoms with Crippen molar-refractivity contribution in [2.75, 3.05) is 0 Å². The van der Waals surface area contributed by atoms with E-state index >= 15 is 0 Å². The van der Waals surface area contributed by atoms with Crippen LogP contribution in [0.2, 0.25) is 0 Å². The van der Waals surface area contributed by atoms with E-state index in [9.17, 15) is 10.2 Å². The maximum atomic E-state index is 10.1. The van der Waals surface area contributed by atoms with Crippen LogP contribution in [0, 0.1) is 23.2 Å². The highest BCUT2D eigenvalue weighted by Crippen LogP contribution is 2.60. The van der Waals surface area contributed by atoms with Crippen LogP contribution < -0.4 is 0 Å². The minimum atomic E-state index is -0.559. The van der Waals surface area contributed by atoms with Gasteiger partial charge >= 0.3 is 0 Å². The van der Waals surface area contributed by atoms with Gasteiger partial charge < -0.3 is 10.2 Å². The quantitative estimate of drug-likeness (QED) is 0.404. The number of allylic oxidation sites excluding steroid dienone is 1. The predicted molar refractivity (Wildman–Crippen MR) is 119 cm³/mol. The van der Waals surface area contributed by atoms with Crippen molar-refractivity contribution < 1.29 is 10.2 Å². The van der Waals surface area contributed by atoms with Gasteiger partial charge in [0, 0.05) is 0 Å². The van der Waals surface area contributed by atoms with Crippen molar-refractivity contribution in [1.82, 2.24) is 0 Å². The Morgan fingerprint density at radius 1 is 1.07 bits per heavy atom. The van der Waals surface area contributed by atoms with Gasteiger partial charge in [0.2, 0.25) is 0 Å². The van der Waals surface area contributed by atoms with Gasteiger partial charge in [0.05, 0.1) is 11.2 Å². The fourth-order valence-electron chi connectivity index (χ4n) is 6.13.